The molecule has 0 radical (unpaired) electrons. The molecule has 4 aromatic rings. The summed E-state index contributed by atoms with van der Waals surface area (Å²) in [6.45, 7) is 2.30. The van der Waals surface area contributed by atoms with E-state index in [0.717, 1.165) is 38.8 Å². The fraction of sp³-hybridized carbons (Fsp3) is 0.282. The first kappa shape index (κ1) is 33.8. The van der Waals surface area contributed by atoms with E-state index >= 15 is 0 Å². The second kappa shape index (κ2) is 14.3. The maximum atomic E-state index is 14.2. The number of phenols is 1. The molecule has 0 spiro atoms. The molecular formula is C39H39B2NO8. The molecule has 0 aromatic heterocycles. The maximum Gasteiger partial charge on any atom is 0.488 e. The van der Waals surface area contributed by atoms with Gasteiger partial charge in [-0.15, -0.1) is 0 Å². The number of nitrogens with zero attached hydrogens (tertiary/aromatic N) is 1. The van der Waals surface area contributed by atoms with E-state index in [1.807, 2.05) is 60.7 Å². The second-order valence-corrected chi connectivity index (χ2v) is 13.3. The van der Waals surface area contributed by atoms with Crippen LogP contribution in [0.4, 0.5) is 5.69 Å². The summed E-state index contributed by atoms with van der Waals surface area (Å²) < 4.78 is 12.5. The third kappa shape index (κ3) is 6.50. The number of rotatable bonds is 10. The van der Waals surface area contributed by atoms with Crippen molar-refractivity contribution in [2.24, 2.45) is 17.8 Å². The first-order valence-corrected chi connectivity index (χ1v) is 17.2. The lowest BCUT2D eigenvalue weighted by Crippen LogP contribution is -2.46. The molecule has 2 heterocycles. The highest BCUT2D eigenvalue weighted by Crippen LogP contribution is 2.51. The molecule has 50 heavy (non-hydrogen) atoms. The number of fused-ring (bicyclic) bond motifs is 4. The highest BCUT2D eigenvalue weighted by molar-refractivity contribution is 6.58. The van der Waals surface area contributed by atoms with Crippen molar-refractivity contribution >= 4 is 54.0 Å². The van der Waals surface area contributed by atoms with Crippen molar-refractivity contribution in [1.29, 1.82) is 0 Å². The largest absolute Gasteiger partial charge is 0.507 e. The van der Waals surface area contributed by atoms with Crippen LogP contribution >= 0.6 is 0 Å². The van der Waals surface area contributed by atoms with Gasteiger partial charge in [0.15, 0.2) is 0 Å². The van der Waals surface area contributed by atoms with Crippen LogP contribution in [0.1, 0.15) is 38.2 Å². The van der Waals surface area contributed by atoms with Gasteiger partial charge >= 0.3 is 14.2 Å². The van der Waals surface area contributed by atoms with E-state index in [2.05, 4.69) is 13.0 Å². The molecule has 3 aliphatic rings. The van der Waals surface area contributed by atoms with Gasteiger partial charge in [-0.2, -0.15) is 0 Å². The lowest BCUT2D eigenvalue weighted by Gasteiger charge is -2.43. The number of allylic oxidation sites excluding steroid dienone is 1. The highest BCUT2D eigenvalue weighted by Gasteiger charge is 2.57. The van der Waals surface area contributed by atoms with Crippen LogP contribution in [0.25, 0.3) is 16.8 Å². The fourth-order valence-corrected chi connectivity index (χ4v) is 7.98. The lowest BCUT2D eigenvalue weighted by atomic mass is 9.58. The summed E-state index contributed by atoms with van der Waals surface area (Å²) in [4.78, 5) is 29.4. The number of phenolic OH excluding ortho intramolecular Hbond substituents is 1. The van der Waals surface area contributed by atoms with Gasteiger partial charge in [-0.1, -0.05) is 79.2 Å². The van der Waals surface area contributed by atoms with Gasteiger partial charge in [-0.3, -0.25) is 14.5 Å². The Morgan fingerprint density at radius 1 is 0.960 bits per heavy atom. The van der Waals surface area contributed by atoms with Gasteiger partial charge < -0.3 is 29.6 Å². The van der Waals surface area contributed by atoms with Crippen molar-refractivity contribution < 1.29 is 39.2 Å². The lowest BCUT2D eigenvalue weighted by molar-refractivity contribution is -0.122. The van der Waals surface area contributed by atoms with Crippen LogP contribution in [0.3, 0.4) is 0 Å². The third-order valence-corrected chi connectivity index (χ3v) is 10.4. The normalized spacial score (nSPS) is 22.2. The number of aromatic hydroxyl groups is 1. The van der Waals surface area contributed by atoms with Crippen molar-refractivity contribution in [3.05, 3.63) is 113 Å². The van der Waals surface area contributed by atoms with Crippen LogP contribution in [-0.2, 0) is 14.2 Å². The van der Waals surface area contributed by atoms with Gasteiger partial charge in [0.05, 0.1) is 23.6 Å². The number of carbonyl (C=O) groups is 2. The highest BCUT2D eigenvalue weighted by atomic mass is 16.5. The molecule has 4 aromatic carbocycles. The van der Waals surface area contributed by atoms with Crippen LogP contribution < -0.4 is 15.1 Å². The number of hydrogen-bond acceptors (Lipinski definition) is 8. The molecule has 4 N–H and O–H groups in total. The molecule has 11 heteroatoms. The molecule has 2 amide bonds. The fourth-order valence-electron chi connectivity index (χ4n) is 7.98. The van der Waals surface area contributed by atoms with Crippen LogP contribution in [0.15, 0.2) is 108 Å². The number of imide groups is 1. The maximum absolute atomic E-state index is 14.2. The predicted octanol–water partition coefficient (Wildman–Crippen LogP) is 4.88. The minimum atomic E-state index is -1.75. The Kier molecular flexibility index (Phi) is 9.66. The molecule has 1 aliphatic carbocycles. The van der Waals surface area contributed by atoms with E-state index < -0.39 is 38.1 Å². The van der Waals surface area contributed by atoms with Gasteiger partial charge in [0.1, 0.15) is 18.1 Å². The molecule has 0 unspecified atom stereocenters. The minimum absolute atomic E-state index is 0.167. The molecule has 0 saturated carbocycles. The number of benzene rings is 4. The second-order valence-electron chi connectivity index (χ2n) is 13.3. The van der Waals surface area contributed by atoms with Gasteiger partial charge in [-0.05, 0) is 95.8 Å². The van der Waals surface area contributed by atoms with Gasteiger partial charge in [0.25, 0.3) is 0 Å². The predicted molar refractivity (Wildman–Crippen MR) is 194 cm³/mol. The summed E-state index contributed by atoms with van der Waals surface area (Å²) in [5.41, 5.74) is 4.44. The van der Waals surface area contributed by atoms with E-state index in [1.54, 1.807) is 18.2 Å². The Morgan fingerprint density at radius 3 is 2.48 bits per heavy atom. The number of anilines is 1. The first-order valence-electron chi connectivity index (χ1n) is 17.2. The monoisotopic (exact) mass is 671 g/mol. The average molecular weight is 671 g/mol. The summed E-state index contributed by atoms with van der Waals surface area (Å²) in [6.07, 6.45) is 4.11. The Morgan fingerprint density at radius 2 is 1.72 bits per heavy atom. The van der Waals surface area contributed by atoms with E-state index in [4.69, 9.17) is 9.39 Å². The third-order valence-electron chi connectivity index (χ3n) is 10.4. The zero-order chi connectivity index (χ0) is 34.9. The molecule has 4 atom stereocenters. The minimum Gasteiger partial charge on any atom is -0.507 e. The summed E-state index contributed by atoms with van der Waals surface area (Å²) in [5.74, 6) is -1.61. The first-order chi connectivity index (χ1) is 24.2. The van der Waals surface area contributed by atoms with Crippen LogP contribution in [-0.4, -0.2) is 58.9 Å². The summed E-state index contributed by atoms with van der Waals surface area (Å²) >= 11 is 0. The van der Waals surface area contributed by atoms with Gasteiger partial charge in [0.2, 0.25) is 11.8 Å². The zero-order valence-corrected chi connectivity index (χ0v) is 27.8. The van der Waals surface area contributed by atoms with Crippen LogP contribution in [0.2, 0.25) is 6.32 Å². The van der Waals surface area contributed by atoms with Crippen molar-refractivity contribution in [2.75, 3.05) is 11.5 Å². The van der Waals surface area contributed by atoms with E-state index in [9.17, 15) is 29.8 Å². The Balaban J connectivity index is 1.22. The number of amides is 2. The molecule has 9 nitrogen and oxygen atoms in total. The standard InChI is InChI=1S/C39H39B2NO8/c1-2-24(19-25-16-17-34(43)31-14-7-6-13-30(25)31)15-18-35-36-26(23-49-29-11-4-3-5-12-29)20-32-37(33(36)22-40(46)50-35)39(45)42(38(32)44)28-10-8-9-27(21-28)41(47)48/h3-14,16-17,19,21,32-33,35,37,43,46-48H,2,15,18,20,22-23H2,1H3/b24-19+/t32-,33+,35-,37-/m1/s1. The SMILES string of the molecule is CC/C(=C\c1ccc(O)c2ccccc12)CC[C@H]1OB(O)C[C@H]2C1=C(COc1ccccc1)C[C@H]1C(=O)N(c3cccc(B(O)O)c3)C(=O)[C@H]12. The van der Waals surface area contributed by atoms with Crippen LogP contribution in [0, 0.1) is 17.8 Å². The summed E-state index contributed by atoms with van der Waals surface area (Å²) in [5, 5.41) is 42.8. The van der Waals surface area contributed by atoms with Crippen molar-refractivity contribution in [3.8, 4) is 11.5 Å². The van der Waals surface area contributed by atoms with Gasteiger partial charge in [0, 0.05) is 5.39 Å². The molecule has 0 bridgehead atoms. The quantitative estimate of drug-likeness (QED) is 0.107. The zero-order valence-electron chi connectivity index (χ0n) is 27.8. The molecule has 2 saturated heterocycles. The Labute approximate surface area is 291 Å². The molecular weight excluding hydrogens is 632 g/mol. The Hall–Kier alpha value is -4.67. The smallest absolute Gasteiger partial charge is 0.488 e. The molecule has 2 aliphatic heterocycles. The topological polar surface area (TPSA) is 137 Å². The van der Waals surface area contributed by atoms with Crippen molar-refractivity contribution in [1.82, 2.24) is 0 Å². The van der Waals surface area contributed by atoms with Crippen molar-refractivity contribution in [3.63, 3.8) is 0 Å². The van der Waals surface area contributed by atoms with E-state index in [1.165, 1.54) is 17.7 Å². The Bertz CT molecular complexity index is 1980. The summed E-state index contributed by atoms with van der Waals surface area (Å²) in [7, 11) is -2.87. The number of para-hydroxylation sites is 1. The molecule has 7 rings (SSSR count). The van der Waals surface area contributed by atoms with E-state index in [-0.39, 0.29) is 41.6 Å². The van der Waals surface area contributed by atoms with Gasteiger partial charge in [-0.25, -0.2) is 0 Å². The molecule has 2 fully saturated rings. The average Bonchev–Trinajstić information content (AvgIpc) is 3.38. The summed E-state index contributed by atoms with van der Waals surface area (Å²) in [6, 6.07) is 27.0. The number of carbonyl (C=O) groups excluding carboxylic acids is 2. The molecule has 254 valence electrons. The number of hydrogen-bond donors (Lipinski definition) is 4. The number of ether oxygens (including phenoxy) is 1. The van der Waals surface area contributed by atoms with Crippen molar-refractivity contribution in [2.45, 2.75) is 45.0 Å². The van der Waals surface area contributed by atoms with Crippen LogP contribution in [0.5, 0.6) is 11.5 Å². The van der Waals surface area contributed by atoms with E-state index in [0.29, 0.717) is 25.0 Å².